The zero-order chi connectivity index (χ0) is 21.2. The molecule has 0 saturated heterocycles. The number of hydrogen-bond donors (Lipinski definition) is 0. The van der Waals surface area contributed by atoms with E-state index in [0.29, 0.717) is 18.0 Å². The number of amides is 2. The van der Waals surface area contributed by atoms with E-state index in [1.54, 1.807) is 16.2 Å². The van der Waals surface area contributed by atoms with Gasteiger partial charge in [-0.3, -0.25) is 9.59 Å². The van der Waals surface area contributed by atoms with E-state index in [2.05, 4.69) is 11.4 Å². The number of carbonyl (C=O) groups excluding carboxylic acids is 2. The fraction of sp³-hybridized carbons (Fsp3) is 0.333. The zero-order valence-electron chi connectivity index (χ0n) is 17.1. The third-order valence-corrected chi connectivity index (χ3v) is 7.71. The lowest BCUT2D eigenvalue weighted by atomic mass is 10.0. The Labute approximate surface area is 189 Å². The van der Waals surface area contributed by atoms with Crippen LogP contribution in [0, 0.1) is 0 Å². The van der Waals surface area contributed by atoms with Crippen LogP contribution in [0.2, 0.25) is 0 Å². The average molecular weight is 453 g/mol. The first kappa shape index (κ1) is 20.3. The van der Waals surface area contributed by atoms with Crippen molar-refractivity contribution in [2.75, 3.05) is 19.7 Å². The molecule has 1 saturated carbocycles. The summed E-state index contributed by atoms with van der Waals surface area (Å²) in [6.07, 6.45) is 2.79. The number of hydrogen-bond acceptors (Lipinski definition) is 5. The maximum atomic E-state index is 13.5. The lowest BCUT2D eigenvalue weighted by Gasteiger charge is -2.37. The Bertz CT molecular complexity index is 1040. The molecule has 0 N–H and O–H groups in total. The predicted molar refractivity (Wildman–Crippen MR) is 123 cm³/mol. The summed E-state index contributed by atoms with van der Waals surface area (Å²) >= 11 is 3.17. The van der Waals surface area contributed by atoms with E-state index in [4.69, 9.17) is 4.74 Å². The molecule has 0 unspecified atom stereocenters. The second-order valence-electron chi connectivity index (χ2n) is 7.92. The molecule has 0 radical (unpaired) electrons. The van der Waals surface area contributed by atoms with Gasteiger partial charge in [-0.05, 0) is 59.9 Å². The predicted octanol–water partition coefficient (Wildman–Crippen LogP) is 4.62. The Morgan fingerprint density at radius 3 is 2.61 bits per heavy atom. The Morgan fingerprint density at radius 1 is 1.03 bits per heavy atom. The molecule has 2 amide bonds. The van der Waals surface area contributed by atoms with Crippen LogP contribution < -0.4 is 4.74 Å². The molecule has 1 aromatic carbocycles. The number of nitrogens with zero attached hydrogens (tertiary/aromatic N) is 2. The van der Waals surface area contributed by atoms with Gasteiger partial charge >= 0.3 is 0 Å². The Kier molecular flexibility index (Phi) is 5.78. The molecule has 3 aromatic rings. The third-order valence-electron chi connectivity index (χ3n) is 5.85. The van der Waals surface area contributed by atoms with E-state index in [9.17, 15) is 9.59 Å². The summed E-state index contributed by atoms with van der Waals surface area (Å²) in [5.74, 6) is 0.760. The molecule has 5 rings (SSSR count). The van der Waals surface area contributed by atoms with Crippen molar-refractivity contribution in [3.8, 4) is 5.75 Å². The molecule has 2 aliphatic rings. The van der Waals surface area contributed by atoms with Crippen molar-refractivity contribution < 1.29 is 14.3 Å². The molecule has 2 aromatic heterocycles. The number of ether oxygens (including phenoxy) is 1. The van der Waals surface area contributed by atoms with Crippen LogP contribution in [0.3, 0.4) is 0 Å². The third kappa shape index (κ3) is 4.38. The first-order chi connectivity index (χ1) is 15.2. The molecule has 7 heteroatoms. The Morgan fingerprint density at radius 2 is 1.87 bits per heavy atom. The van der Waals surface area contributed by atoms with Gasteiger partial charge in [0, 0.05) is 17.5 Å². The molecule has 0 spiro atoms. The number of rotatable bonds is 7. The van der Waals surface area contributed by atoms with Gasteiger partial charge in [0.1, 0.15) is 18.9 Å². The van der Waals surface area contributed by atoms with Crippen molar-refractivity contribution in [2.45, 2.75) is 31.3 Å². The Hall–Kier alpha value is -2.64. The molecule has 1 aliphatic heterocycles. The Balaban J connectivity index is 1.34. The van der Waals surface area contributed by atoms with E-state index >= 15 is 0 Å². The minimum Gasteiger partial charge on any atom is -0.491 e. The molecule has 1 aliphatic carbocycles. The first-order valence-corrected chi connectivity index (χ1v) is 12.3. The van der Waals surface area contributed by atoms with E-state index in [-0.39, 0.29) is 30.4 Å². The normalized spacial score (nSPS) is 17.8. The molecule has 1 fully saturated rings. The molecule has 0 bridgehead atoms. The van der Waals surface area contributed by atoms with Gasteiger partial charge in [-0.15, -0.1) is 22.7 Å². The number of carbonyl (C=O) groups is 2. The van der Waals surface area contributed by atoms with Crippen LogP contribution in [0.1, 0.15) is 39.0 Å². The highest BCUT2D eigenvalue weighted by molar-refractivity contribution is 7.12. The summed E-state index contributed by atoms with van der Waals surface area (Å²) < 4.78 is 6.06. The second kappa shape index (κ2) is 8.85. The number of fused-ring (bicyclic) bond motifs is 1. The largest absolute Gasteiger partial charge is 0.491 e. The fourth-order valence-electron chi connectivity index (χ4n) is 4.10. The fourth-order valence-corrected chi connectivity index (χ4v) is 5.70. The molecular weight excluding hydrogens is 428 g/mol. The topological polar surface area (TPSA) is 49.9 Å². The maximum Gasteiger partial charge on any atom is 0.264 e. The molecule has 31 heavy (non-hydrogen) atoms. The van der Waals surface area contributed by atoms with Crippen LogP contribution in [0.4, 0.5) is 0 Å². The van der Waals surface area contributed by atoms with Gasteiger partial charge in [0.25, 0.3) is 5.91 Å². The molecule has 1 atom stereocenters. The van der Waals surface area contributed by atoms with E-state index in [0.717, 1.165) is 25.0 Å². The summed E-state index contributed by atoms with van der Waals surface area (Å²) in [6.45, 7) is 1.19. The quantitative estimate of drug-likeness (QED) is 0.526. The lowest BCUT2D eigenvalue weighted by Crippen LogP contribution is -2.48. The average Bonchev–Trinajstić information content (AvgIpc) is 3.27. The van der Waals surface area contributed by atoms with Crippen LogP contribution >= 0.6 is 22.7 Å². The van der Waals surface area contributed by atoms with E-state index in [1.807, 2.05) is 52.7 Å². The van der Waals surface area contributed by atoms with E-state index in [1.165, 1.54) is 21.8 Å². The highest BCUT2D eigenvalue weighted by Gasteiger charge is 2.38. The minimum atomic E-state index is -0.138. The lowest BCUT2D eigenvalue weighted by molar-refractivity contribution is -0.135. The van der Waals surface area contributed by atoms with Crippen LogP contribution in [-0.4, -0.2) is 47.4 Å². The highest BCUT2D eigenvalue weighted by Crippen LogP contribution is 2.35. The zero-order valence-corrected chi connectivity index (χ0v) is 18.7. The summed E-state index contributed by atoms with van der Waals surface area (Å²) in [6, 6.07) is 15.6. The monoisotopic (exact) mass is 452 g/mol. The molecule has 5 nitrogen and oxygen atoms in total. The summed E-state index contributed by atoms with van der Waals surface area (Å²) in [5, 5.41) is 3.99. The van der Waals surface area contributed by atoms with Crippen LogP contribution in [0.25, 0.3) is 0 Å². The number of para-hydroxylation sites is 1. The minimum absolute atomic E-state index is 0.00434. The van der Waals surface area contributed by atoms with Crippen molar-refractivity contribution in [1.29, 1.82) is 0 Å². The summed E-state index contributed by atoms with van der Waals surface area (Å²) in [7, 11) is 0. The number of thiophene rings is 2. The SMILES string of the molecule is O=C(c1cccs1)N(CC(=O)N1CCc2sccc2[C@@H]1COc1ccccc1)C1CC1. The highest BCUT2D eigenvalue weighted by atomic mass is 32.1. The second-order valence-corrected chi connectivity index (χ2v) is 9.87. The van der Waals surface area contributed by atoms with Crippen molar-refractivity contribution in [3.63, 3.8) is 0 Å². The van der Waals surface area contributed by atoms with Gasteiger partial charge in [0.15, 0.2) is 0 Å². The van der Waals surface area contributed by atoms with Gasteiger partial charge < -0.3 is 14.5 Å². The van der Waals surface area contributed by atoms with Crippen molar-refractivity contribution in [3.05, 3.63) is 74.6 Å². The van der Waals surface area contributed by atoms with Crippen molar-refractivity contribution >= 4 is 34.5 Å². The van der Waals surface area contributed by atoms with Crippen molar-refractivity contribution in [1.82, 2.24) is 9.80 Å². The smallest absolute Gasteiger partial charge is 0.264 e. The van der Waals surface area contributed by atoms with Gasteiger partial charge in [-0.2, -0.15) is 0 Å². The number of benzene rings is 1. The summed E-state index contributed by atoms with van der Waals surface area (Å²) in [4.78, 5) is 32.1. The standard InChI is InChI=1S/C24H24N2O3S2/c27-23(15-26(17-8-9-17)24(28)22-7-4-13-30-22)25-12-10-21-19(11-14-31-21)20(25)16-29-18-5-2-1-3-6-18/h1-7,11,13-14,17,20H,8-10,12,15-16H2/t20-/m0/s1. The molecule has 160 valence electrons. The maximum absolute atomic E-state index is 13.5. The summed E-state index contributed by atoms with van der Waals surface area (Å²) in [5.41, 5.74) is 1.17. The van der Waals surface area contributed by atoms with Crippen LogP contribution in [0.5, 0.6) is 5.75 Å². The van der Waals surface area contributed by atoms with Crippen LogP contribution in [0.15, 0.2) is 59.3 Å². The van der Waals surface area contributed by atoms with Gasteiger partial charge in [0.2, 0.25) is 5.91 Å². The van der Waals surface area contributed by atoms with Gasteiger partial charge in [-0.1, -0.05) is 24.3 Å². The molecular formula is C24H24N2O3S2. The van der Waals surface area contributed by atoms with Gasteiger partial charge in [0.05, 0.1) is 10.9 Å². The van der Waals surface area contributed by atoms with Crippen LogP contribution in [-0.2, 0) is 11.2 Å². The van der Waals surface area contributed by atoms with E-state index < -0.39 is 0 Å². The first-order valence-electron chi connectivity index (χ1n) is 10.6. The molecule has 3 heterocycles. The van der Waals surface area contributed by atoms with Crippen molar-refractivity contribution in [2.24, 2.45) is 0 Å². The van der Waals surface area contributed by atoms with Gasteiger partial charge in [-0.25, -0.2) is 0 Å².